The molecule has 0 aliphatic carbocycles. The van der Waals surface area contributed by atoms with E-state index < -0.39 is 0 Å². The molecule has 0 unspecified atom stereocenters. The average molecular weight is 312 g/mol. The van der Waals surface area contributed by atoms with Crippen molar-refractivity contribution in [2.24, 2.45) is 5.92 Å². The Morgan fingerprint density at radius 2 is 1.39 bits per heavy atom. The number of anilines is 3. The molecule has 0 bridgehead atoms. The highest BCUT2D eigenvalue weighted by atomic mass is 16.5. The summed E-state index contributed by atoms with van der Waals surface area (Å²) in [7, 11) is 1.65. The van der Waals surface area contributed by atoms with Gasteiger partial charge < -0.3 is 15.4 Å². The number of nitrogens with one attached hydrogen (secondary N) is 2. The number of carbonyl (C=O) groups excluding carboxylic acids is 1. The van der Waals surface area contributed by atoms with Crippen LogP contribution in [0.4, 0.5) is 17.1 Å². The second-order valence-corrected chi connectivity index (χ2v) is 5.43. The zero-order valence-electron chi connectivity index (χ0n) is 13.9. The Balaban J connectivity index is 1.97. The van der Waals surface area contributed by atoms with Crippen LogP contribution < -0.4 is 15.4 Å². The van der Waals surface area contributed by atoms with E-state index in [4.69, 9.17) is 4.74 Å². The van der Waals surface area contributed by atoms with Crippen molar-refractivity contribution >= 4 is 23.0 Å². The van der Waals surface area contributed by atoms with Crippen LogP contribution in [0.3, 0.4) is 0 Å². The van der Waals surface area contributed by atoms with Crippen LogP contribution in [0.2, 0.25) is 0 Å². The lowest BCUT2D eigenvalue weighted by atomic mass is 10.0. The monoisotopic (exact) mass is 312 g/mol. The predicted molar refractivity (Wildman–Crippen MR) is 95.4 cm³/mol. The third-order valence-corrected chi connectivity index (χ3v) is 3.89. The quantitative estimate of drug-likeness (QED) is 0.771. The molecule has 0 spiro atoms. The smallest absolute Gasteiger partial charge is 0.227 e. The van der Waals surface area contributed by atoms with Crippen LogP contribution >= 0.6 is 0 Å². The molecule has 2 aromatic carbocycles. The molecule has 122 valence electrons. The maximum absolute atomic E-state index is 12.1. The maximum atomic E-state index is 12.1. The number of rotatable bonds is 7. The van der Waals surface area contributed by atoms with E-state index in [1.165, 1.54) is 0 Å². The molecule has 0 aromatic heterocycles. The van der Waals surface area contributed by atoms with E-state index in [-0.39, 0.29) is 11.8 Å². The van der Waals surface area contributed by atoms with Gasteiger partial charge in [-0.1, -0.05) is 13.8 Å². The van der Waals surface area contributed by atoms with Crippen LogP contribution in [0.1, 0.15) is 26.7 Å². The summed E-state index contributed by atoms with van der Waals surface area (Å²) < 4.78 is 5.14. The molecule has 0 aliphatic heterocycles. The van der Waals surface area contributed by atoms with Crippen LogP contribution in [0.5, 0.6) is 5.75 Å². The second-order valence-electron chi connectivity index (χ2n) is 5.43. The molecule has 1 amide bonds. The van der Waals surface area contributed by atoms with Crippen LogP contribution in [0.25, 0.3) is 0 Å². The molecule has 4 heteroatoms. The summed E-state index contributed by atoms with van der Waals surface area (Å²) in [4.78, 5) is 12.1. The van der Waals surface area contributed by atoms with Crippen molar-refractivity contribution in [2.45, 2.75) is 26.7 Å². The summed E-state index contributed by atoms with van der Waals surface area (Å²) in [6.07, 6.45) is 1.72. The Bertz CT molecular complexity index is 617. The Morgan fingerprint density at radius 1 is 0.913 bits per heavy atom. The SMILES string of the molecule is CCC(CC)C(=O)Nc1ccc(Nc2ccc(OC)cc2)cc1. The lowest BCUT2D eigenvalue weighted by molar-refractivity contribution is -0.120. The largest absolute Gasteiger partial charge is 0.497 e. The number of hydrogen-bond acceptors (Lipinski definition) is 3. The second kappa shape index (κ2) is 8.22. The van der Waals surface area contributed by atoms with Gasteiger partial charge in [0.15, 0.2) is 0 Å². The van der Waals surface area contributed by atoms with Crippen LogP contribution in [0, 0.1) is 5.92 Å². The van der Waals surface area contributed by atoms with Crippen molar-refractivity contribution in [3.05, 3.63) is 48.5 Å². The number of amides is 1. The van der Waals surface area contributed by atoms with Crippen molar-refractivity contribution in [2.75, 3.05) is 17.7 Å². The standard InChI is InChI=1S/C19H24N2O2/c1-4-14(5-2)19(22)21-17-8-6-15(7-9-17)20-16-10-12-18(23-3)13-11-16/h6-14,20H,4-5H2,1-3H3,(H,21,22). The van der Waals surface area contributed by atoms with E-state index in [0.717, 1.165) is 35.7 Å². The number of carbonyl (C=O) groups is 1. The maximum Gasteiger partial charge on any atom is 0.227 e. The third kappa shape index (κ3) is 4.74. The van der Waals surface area contributed by atoms with E-state index in [9.17, 15) is 4.79 Å². The van der Waals surface area contributed by atoms with Crippen LogP contribution in [-0.4, -0.2) is 13.0 Å². The molecular weight excluding hydrogens is 288 g/mol. The van der Waals surface area contributed by atoms with Gasteiger partial charge in [-0.15, -0.1) is 0 Å². The van der Waals surface area contributed by atoms with Crippen molar-refractivity contribution in [3.63, 3.8) is 0 Å². The van der Waals surface area contributed by atoms with Gasteiger partial charge in [0.1, 0.15) is 5.75 Å². The normalized spacial score (nSPS) is 10.4. The molecule has 0 saturated carbocycles. The topological polar surface area (TPSA) is 50.4 Å². The van der Waals surface area contributed by atoms with Crippen molar-refractivity contribution in [1.29, 1.82) is 0 Å². The minimum absolute atomic E-state index is 0.0760. The Kier molecular flexibility index (Phi) is 6.03. The highest BCUT2D eigenvalue weighted by Gasteiger charge is 2.13. The van der Waals surface area contributed by atoms with Crippen molar-refractivity contribution in [3.8, 4) is 5.75 Å². The van der Waals surface area contributed by atoms with E-state index in [1.54, 1.807) is 7.11 Å². The van der Waals surface area contributed by atoms with Gasteiger partial charge in [0, 0.05) is 23.0 Å². The Morgan fingerprint density at radius 3 is 1.87 bits per heavy atom. The summed E-state index contributed by atoms with van der Waals surface area (Å²) in [6.45, 7) is 4.07. The van der Waals surface area contributed by atoms with Gasteiger partial charge in [-0.2, -0.15) is 0 Å². The van der Waals surface area contributed by atoms with Crippen LogP contribution in [0.15, 0.2) is 48.5 Å². The van der Waals surface area contributed by atoms with Crippen molar-refractivity contribution in [1.82, 2.24) is 0 Å². The molecule has 2 N–H and O–H groups in total. The van der Waals surface area contributed by atoms with E-state index in [2.05, 4.69) is 10.6 Å². The van der Waals surface area contributed by atoms with E-state index >= 15 is 0 Å². The first kappa shape index (κ1) is 16.9. The molecule has 0 saturated heterocycles. The first-order valence-corrected chi connectivity index (χ1v) is 7.98. The fourth-order valence-electron chi connectivity index (χ4n) is 2.38. The molecule has 4 nitrogen and oxygen atoms in total. The number of hydrogen-bond donors (Lipinski definition) is 2. The fraction of sp³-hybridized carbons (Fsp3) is 0.316. The van der Waals surface area contributed by atoms with Gasteiger partial charge in [0.2, 0.25) is 5.91 Å². The minimum Gasteiger partial charge on any atom is -0.497 e. The summed E-state index contributed by atoms with van der Waals surface area (Å²) in [5.41, 5.74) is 2.78. The van der Waals surface area contributed by atoms with Gasteiger partial charge in [-0.25, -0.2) is 0 Å². The highest BCUT2D eigenvalue weighted by Crippen LogP contribution is 2.22. The third-order valence-electron chi connectivity index (χ3n) is 3.89. The van der Waals surface area contributed by atoms with E-state index in [1.807, 2.05) is 62.4 Å². The molecule has 0 atom stereocenters. The van der Waals surface area contributed by atoms with Gasteiger partial charge >= 0.3 is 0 Å². The fourth-order valence-corrected chi connectivity index (χ4v) is 2.38. The summed E-state index contributed by atoms with van der Waals surface area (Å²) in [5, 5.41) is 6.28. The van der Waals surface area contributed by atoms with Gasteiger partial charge in [0.25, 0.3) is 0 Å². The van der Waals surface area contributed by atoms with E-state index in [0.29, 0.717) is 0 Å². The molecule has 0 heterocycles. The number of ether oxygens (including phenoxy) is 1. The predicted octanol–water partition coefficient (Wildman–Crippen LogP) is 4.81. The number of methoxy groups -OCH3 is 1. The average Bonchev–Trinajstić information content (AvgIpc) is 2.58. The molecule has 2 aromatic rings. The first-order valence-electron chi connectivity index (χ1n) is 7.98. The molecule has 0 radical (unpaired) electrons. The molecule has 23 heavy (non-hydrogen) atoms. The summed E-state index contributed by atoms with van der Waals surface area (Å²) in [6, 6.07) is 15.5. The Labute approximate surface area is 137 Å². The highest BCUT2D eigenvalue weighted by molar-refractivity contribution is 5.92. The molecule has 0 fully saturated rings. The molecule has 0 aliphatic rings. The summed E-state index contributed by atoms with van der Waals surface area (Å²) in [5.74, 6) is 0.993. The summed E-state index contributed by atoms with van der Waals surface area (Å²) >= 11 is 0. The molecule has 2 rings (SSSR count). The lowest BCUT2D eigenvalue weighted by Crippen LogP contribution is -2.21. The van der Waals surface area contributed by atoms with Crippen LogP contribution in [-0.2, 0) is 4.79 Å². The van der Waals surface area contributed by atoms with Gasteiger partial charge in [-0.05, 0) is 61.4 Å². The van der Waals surface area contributed by atoms with Gasteiger partial charge in [-0.3, -0.25) is 4.79 Å². The number of benzene rings is 2. The zero-order chi connectivity index (χ0) is 16.7. The van der Waals surface area contributed by atoms with Gasteiger partial charge in [0.05, 0.1) is 7.11 Å². The lowest BCUT2D eigenvalue weighted by Gasteiger charge is -2.13. The Hall–Kier alpha value is -2.49. The zero-order valence-corrected chi connectivity index (χ0v) is 13.9. The minimum atomic E-state index is 0.0760. The molecular formula is C19H24N2O2. The first-order chi connectivity index (χ1) is 11.2. The van der Waals surface area contributed by atoms with Crippen molar-refractivity contribution < 1.29 is 9.53 Å².